The quantitative estimate of drug-likeness (QED) is 0.251. The second-order valence-electron chi connectivity index (χ2n) is 8.33. The number of hydrogen-bond donors (Lipinski definition) is 0. The second kappa shape index (κ2) is 11.4. The first-order chi connectivity index (χ1) is 16.9. The van der Waals surface area contributed by atoms with Crippen molar-refractivity contribution in [1.29, 1.82) is 0 Å². The summed E-state index contributed by atoms with van der Waals surface area (Å²) in [6.45, 7) is 6.69. The molecule has 4 aromatic rings. The molecule has 4 aromatic carbocycles. The van der Waals surface area contributed by atoms with Crippen LogP contribution in [0.1, 0.15) is 22.3 Å². The van der Waals surface area contributed by atoms with Gasteiger partial charge in [-0.1, -0.05) is 66.2 Å². The minimum absolute atomic E-state index is 0.546. The maximum absolute atomic E-state index is 12.2. The molecule has 0 radical (unpaired) electrons. The summed E-state index contributed by atoms with van der Waals surface area (Å²) in [7, 11) is -6.04. The van der Waals surface area contributed by atoms with Gasteiger partial charge in [-0.05, 0) is 68.3 Å². The van der Waals surface area contributed by atoms with Crippen LogP contribution in [0.4, 0.5) is 13.2 Å². The minimum atomic E-state index is -5.09. The average molecular weight is 531 g/mol. The Kier molecular flexibility index (Phi) is 8.72. The first-order valence-corrected chi connectivity index (χ1v) is 14.0. The molecule has 0 aromatic heterocycles. The van der Waals surface area contributed by atoms with Crippen LogP contribution in [0.2, 0.25) is 0 Å². The average Bonchev–Trinajstić information content (AvgIpc) is 2.82. The van der Waals surface area contributed by atoms with E-state index in [1.165, 1.54) is 32.6 Å². The molecule has 0 heterocycles. The number of alkyl halides is 3. The molecule has 8 heteroatoms. The largest absolute Gasteiger partial charge is 0.744 e. The number of rotatable bonds is 4. The van der Waals surface area contributed by atoms with E-state index in [1.54, 1.807) is 0 Å². The SMILES string of the molecule is Cc1cc(C)c([PH+](c2ccccc2)c2ccccc2)c(C)c1.O=S(=O)([O-])c1ccccc1C(F)(F)F. The summed E-state index contributed by atoms with van der Waals surface area (Å²) in [5.41, 5.74) is 2.74. The number of halogens is 3. The van der Waals surface area contributed by atoms with Crippen molar-refractivity contribution in [2.45, 2.75) is 31.8 Å². The zero-order valence-corrected chi connectivity index (χ0v) is 21.8. The predicted molar refractivity (Wildman–Crippen MR) is 140 cm³/mol. The molecule has 36 heavy (non-hydrogen) atoms. The number of hydrogen-bond acceptors (Lipinski definition) is 3. The molecule has 0 bridgehead atoms. The maximum atomic E-state index is 12.2. The van der Waals surface area contributed by atoms with Crippen molar-refractivity contribution < 1.29 is 26.1 Å². The third kappa shape index (κ3) is 6.82. The van der Waals surface area contributed by atoms with Gasteiger partial charge in [-0.3, -0.25) is 0 Å². The lowest BCUT2D eigenvalue weighted by atomic mass is 10.1. The van der Waals surface area contributed by atoms with Crippen LogP contribution in [0, 0.1) is 20.8 Å². The molecule has 0 saturated carbocycles. The fourth-order valence-corrected chi connectivity index (χ4v) is 7.75. The van der Waals surface area contributed by atoms with Gasteiger partial charge in [0.15, 0.2) is 0 Å². The molecule has 0 aliphatic carbocycles. The van der Waals surface area contributed by atoms with Gasteiger partial charge < -0.3 is 4.55 Å². The van der Waals surface area contributed by atoms with Crippen molar-refractivity contribution in [2.75, 3.05) is 0 Å². The van der Waals surface area contributed by atoms with Crippen molar-refractivity contribution in [1.82, 2.24) is 0 Å². The van der Waals surface area contributed by atoms with Crippen LogP contribution in [0.15, 0.2) is 102 Å². The molecular formula is C28H26F3O3PS. The van der Waals surface area contributed by atoms with Gasteiger partial charge in [0, 0.05) is 0 Å². The van der Waals surface area contributed by atoms with E-state index in [0.29, 0.717) is 12.1 Å². The van der Waals surface area contributed by atoms with Crippen LogP contribution < -0.4 is 15.9 Å². The summed E-state index contributed by atoms with van der Waals surface area (Å²) < 4.78 is 67.9. The summed E-state index contributed by atoms with van der Waals surface area (Å²) in [6, 6.07) is 29.8. The summed E-state index contributed by atoms with van der Waals surface area (Å²) in [6.07, 6.45) is -4.84. The molecule has 0 saturated heterocycles. The Labute approximate surface area is 211 Å². The van der Waals surface area contributed by atoms with Crippen molar-refractivity contribution in [3.63, 3.8) is 0 Å². The van der Waals surface area contributed by atoms with Gasteiger partial charge in [-0.25, -0.2) is 8.42 Å². The van der Waals surface area contributed by atoms with E-state index in [1.807, 2.05) is 0 Å². The van der Waals surface area contributed by atoms with Crippen LogP contribution in [0.5, 0.6) is 0 Å². The molecule has 4 rings (SSSR count). The summed E-state index contributed by atoms with van der Waals surface area (Å²) in [4.78, 5) is -1.24. The van der Waals surface area contributed by atoms with Gasteiger partial charge >= 0.3 is 6.18 Å². The van der Waals surface area contributed by atoms with Crippen molar-refractivity contribution in [3.8, 4) is 0 Å². The van der Waals surface area contributed by atoms with Crippen LogP contribution in [0.3, 0.4) is 0 Å². The first kappa shape index (κ1) is 27.6. The van der Waals surface area contributed by atoms with Crippen LogP contribution in [0.25, 0.3) is 0 Å². The van der Waals surface area contributed by atoms with E-state index >= 15 is 0 Å². The van der Waals surface area contributed by atoms with E-state index < -0.39 is 34.7 Å². The van der Waals surface area contributed by atoms with Crippen LogP contribution in [-0.4, -0.2) is 13.0 Å². The van der Waals surface area contributed by atoms with E-state index in [-0.39, 0.29) is 0 Å². The van der Waals surface area contributed by atoms with E-state index in [2.05, 4.69) is 93.6 Å². The van der Waals surface area contributed by atoms with Gasteiger partial charge in [0.25, 0.3) is 0 Å². The Morgan fingerprint density at radius 3 is 1.50 bits per heavy atom. The molecule has 0 aliphatic heterocycles. The Hall–Kier alpha value is -2.99. The van der Waals surface area contributed by atoms with E-state index in [4.69, 9.17) is 0 Å². The molecule has 0 unspecified atom stereocenters. The molecule has 3 nitrogen and oxygen atoms in total. The molecule has 0 aliphatic rings. The monoisotopic (exact) mass is 530 g/mol. The van der Waals surface area contributed by atoms with Gasteiger partial charge in [-0.2, -0.15) is 13.2 Å². The van der Waals surface area contributed by atoms with Gasteiger partial charge in [0.1, 0.15) is 26.0 Å². The lowest BCUT2D eigenvalue weighted by Gasteiger charge is -2.16. The second-order valence-corrected chi connectivity index (χ2v) is 12.1. The zero-order chi connectivity index (χ0) is 26.5. The molecule has 0 atom stereocenters. The van der Waals surface area contributed by atoms with Crippen LogP contribution >= 0.6 is 7.92 Å². The summed E-state index contributed by atoms with van der Waals surface area (Å²) in [5.74, 6) is 0. The molecule has 188 valence electrons. The van der Waals surface area contributed by atoms with E-state index in [0.717, 1.165) is 12.1 Å². The standard InChI is InChI=1S/C21H21P.C7H5F3O3S/c1-16-14-17(2)21(18(3)15-16)22(19-10-6-4-7-11-19)20-12-8-5-9-13-20;8-7(9,10)5-3-1-2-4-6(5)14(11,12)13/h4-15H,1-3H3;1-4H,(H,11,12,13). The maximum Gasteiger partial charge on any atom is 0.417 e. The smallest absolute Gasteiger partial charge is 0.417 e. The fourth-order valence-electron chi connectivity index (χ4n) is 4.16. The minimum Gasteiger partial charge on any atom is -0.744 e. The predicted octanol–water partition coefficient (Wildman–Crippen LogP) is 5.71. The molecule has 0 N–H and O–H groups in total. The topological polar surface area (TPSA) is 57.2 Å². The van der Waals surface area contributed by atoms with Gasteiger partial charge in [0.2, 0.25) is 0 Å². The highest BCUT2D eigenvalue weighted by Gasteiger charge is 2.34. The van der Waals surface area contributed by atoms with Crippen LogP contribution in [-0.2, 0) is 16.3 Å². The highest BCUT2D eigenvalue weighted by Crippen LogP contribution is 2.36. The highest BCUT2D eigenvalue weighted by atomic mass is 32.2. The van der Waals surface area contributed by atoms with Gasteiger partial charge in [0.05, 0.1) is 18.4 Å². The number of aryl methyl sites for hydroxylation is 3. The highest BCUT2D eigenvalue weighted by molar-refractivity contribution is 7.85. The third-order valence-electron chi connectivity index (χ3n) is 5.51. The van der Waals surface area contributed by atoms with E-state index in [9.17, 15) is 26.1 Å². The Bertz CT molecular complexity index is 1360. The summed E-state index contributed by atoms with van der Waals surface area (Å²) >= 11 is 0. The fraction of sp³-hybridized carbons (Fsp3) is 0.143. The molecular weight excluding hydrogens is 504 g/mol. The van der Waals surface area contributed by atoms with Crippen molar-refractivity contribution in [3.05, 3.63) is 119 Å². The Balaban J connectivity index is 0.000000223. The third-order valence-corrected chi connectivity index (χ3v) is 9.52. The first-order valence-electron chi connectivity index (χ1n) is 11.1. The molecule has 0 spiro atoms. The van der Waals surface area contributed by atoms with Gasteiger partial charge in [-0.15, -0.1) is 0 Å². The molecule has 0 fully saturated rings. The zero-order valence-electron chi connectivity index (χ0n) is 20.0. The summed E-state index contributed by atoms with van der Waals surface area (Å²) in [5, 5.41) is 4.44. The van der Waals surface area contributed by atoms with Crippen molar-refractivity contribution in [2.24, 2.45) is 0 Å². The Morgan fingerprint density at radius 2 is 1.11 bits per heavy atom. The number of benzene rings is 4. The normalized spacial score (nSPS) is 11.7. The lowest BCUT2D eigenvalue weighted by Crippen LogP contribution is -2.24. The van der Waals surface area contributed by atoms with Crippen molar-refractivity contribution >= 4 is 34.0 Å². The molecule has 0 amide bonds. The lowest BCUT2D eigenvalue weighted by molar-refractivity contribution is -0.140. The Morgan fingerprint density at radius 1 is 0.694 bits per heavy atom.